The Bertz CT molecular complexity index is 743. The summed E-state index contributed by atoms with van der Waals surface area (Å²) in [6.07, 6.45) is 4.33. The maximum absolute atomic E-state index is 12.8. The summed E-state index contributed by atoms with van der Waals surface area (Å²) in [7, 11) is 0. The summed E-state index contributed by atoms with van der Waals surface area (Å²) in [6, 6.07) is 14.8. The van der Waals surface area contributed by atoms with E-state index in [1.165, 1.54) is 16.3 Å². The molecule has 1 atom stereocenters. The molecule has 0 bridgehead atoms. The first-order valence-electron chi connectivity index (χ1n) is 9.08. The van der Waals surface area contributed by atoms with E-state index in [-0.39, 0.29) is 11.9 Å². The van der Waals surface area contributed by atoms with E-state index in [1.54, 1.807) is 6.20 Å². The fraction of sp³-hybridized carbons (Fsp3) is 0.381. The molecule has 1 heterocycles. The zero-order valence-electron chi connectivity index (χ0n) is 14.7. The lowest BCUT2D eigenvalue weighted by molar-refractivity contribution is -0.140. The van der Waals surface area contributed by atoms with Gasteiger partial charge in [-0.05, 0) is 48.3 Å². The lowest BCUT2D eigenvalue weighted by Gasteiger charge is -2.40. The Morgan fingerprint density at radius 2 is 1.96 bits per heavy atom. The van der Waals surface area contributed by atoms with Gasteiger partial charge in [-0.2, -0.15) is 0 Å². The van der Waals surface area contributed by atoms with E-state index in [9.17, 15) is 4.79 Å². The number of nitrogens with zero attached hydrogens (tertiary/aromatic N) is 2. The Balaban J connectivity index is 1.65. The molecule has 132 valence electrons. The Hall–Kier alpha value is -2.33. The molecule has 3 rings (SSSR count). The van der Waals surface area contributed by atoms with Gasteiger partial charge in [0.05, 0.1) is 0 Å². The number of amides is 1. The second kappa shape index (κ2) is 8.17. The van der Waals surface area contributed by atoms with Crippen molar-refractivity contribution in [3.8, 4) is 0 Å². The summed E-state index contributed by atoms with van der Waals surface area (Å²) >= 11 is 0. The third-order valence-electron chi connectivity index (χ3n) is 5.03. The van der Waals surface area contributed by atoms with E-state index in [1.807, 2.05) is 4.90 Å². The first-order chi connectivity index (χ1) is 12.2. The van der Waals surface area contributed by atoms with Crippen molar-refractivity contribution in [1.82, 2.24) is 9.80 Å². The topological polar surface area (TPSA) is 49.6 Å². The zero-order valence-corrected chi connectivity index (χ0v) is 14.7. The molecule has 0 aliphatic carbocycles. The molecule has 1 fully saturated rings. The molecule has 0 unspecified atom stereocenters. The van der Waals surface area contributed by atoms with Crippen molar-refractivity contribution >= 4 is 16.7 Å². The van der Waals surface area contributed by atoms with Crippen LogP contribution in [-0.4, -0.2) is 47.9 Å². The molecule has 2 aromatic carbocycles. The normalized spacial score (nSPS) is 18.0. The van der Waals surface area contributed by atoms with Crippen LogP contribution in [0.3, 0.4) is 0 Å². The molecule has 4 nitrogen and oxygen atoms in total. The van der Waals surface area contributed by atoms with Gasteiger partial charge in [0.1, 0.15) is 6.04 Å². The van der Waals surface area contributed by atoms with Crippen LogP contribution in [0.25, 0.3) is 10.8 Å². The van der Waals surface area contributed by atoms with Crippen LogP contribution in [0, 0.1) is 0 Å². The molecular weight excluding hydrogens is 310 g/mol. The van der Waals surface area contributed by atoms with E-state index in [0.717, 1.165) is 38.9 Å². The third-order valence-corrected chi connectivity index (χ3v) is 5.03. The predicted octanol–water partition coefficient (Wildman–Crippen LogP) is 2.78. The van der Waals surface area contributed by atoms with Crippen molar-refractivity contribution in [2.75, 3.05) is 26.2 Å². The Labute approximate surface area is 149 Å². The molecule has 1 aliphatic rings. The van der Waals surface area contributed by atoms with Gasteiger partial charge in [0.15, 0.2) is 0 Å². The first-order valence-corrected chi connectivity index (χ1v) is 9.08. The largest absolute Gasteiger partial charge is 0.364 e. The molecule has 25 heavy (non-hydrogen) atoms. The number of fused-ring (bicyclic) bond motifs is 1. The SMILES string of the molecule is C=CN1CCN(CCc2ccc3ccccc3c2)C(=O)[C@@H]1CCCN. The fourth-order valence-corrected chi connectivity index (χ4v) is 3.55. The van der Waals surface area contributed by atoms with Gasteiger partial charge in [0.2, 0.25) is 5.91 Å². The minimum absolute atomic E-state index is 0.105. The Morgan fingerprint density at radius 3 is 2.72 bits per heavy atom. The number of piperazine rings is 1. The summed E-state index contributed by atoms with van der Waals surface area (Å²) in [6.45, 7) is 6.84. The van der Waals surface area contributed by atoms with E-state index < -0.39 is 0 Å². The number of carbonyl (C=O) groups excluding carboxylic acids is 1. The highest BCUT2D eigenvalue weighted by Crippen LogP contribution is 2.19. The molecule has 2 N–H and O–H groups in total. The summed E-state index contributed by atoms with van der Waals surface area (Å²) in [5.41, 5.74) is 6.90. The highest BCUT2D eigenvalue weighted by molar-refractivity contribution is 5.84. The molecule has 1 aliphatic heterocycles. The summed E-state index contributed by atoms with van der Waals surface area (Å²) in [5, 5.41) is 2.51. The Morgan fingerprint density at radius 1 is 1.16 bits per heavy atom. The van der Waals surface area contributed by atoms with Gasteiger partial charge in [-0.1, -0.05) is 49.0 Å². The maximum Gasteiger partial charge on any atom is 0.245 e. The minimum atomic E-state index is -0.105. The van der Waals surface area contributed by atoms with Crippen molar-refractivity contribution in [2.24, 2.45) is 5.73 Å². The van der Waals surface area contributed by atoms with Crippen LogP contribution in [0.1, 0.15) is 18.4 Å². The van der Waals surface area contributed by atoms with Gasteiger partial charge in [-0.25, -0.2) is 0 Å². The van der Waals surface area contributed by atoms with Crippen molar-refractivity contribution in [1.29, 1.82) is 0 Å². The van der Waals surface area contributed by atoms with Gasteiger partial charge >= 0.3 is 0 Å². The summed E-state index contributed by atoms with van der Waals surface area (Å²) in [5.74, 6) is 0.209. The summed E-state index contributed by atoms with van der Waals surface area (Å²) < 4.78 is 0. The monoisotopic (exact) mass is 337 g/mol. The molecule has 0 radical (unpaired) electrons. The minimum Gasteiger partial charge on any atom is -0.364 e. The fourth-order valence-electron chi connectivity index (χ4n) is 3.55. The lowest BCUT2D eigenvalue weighted by Crippen LogP contribution is -2.55. The standard InChI is InChI=1S/C21H27N3O/c1-2-23-14-15-24(21(25)20(23)8-5-12-22)13-11-17-9-10-18-6-3-4-7-19(18)16-17/h2-4,6-7,9-10,16,20H,1,5,8,11-15,22H2/t20-/m0/s1. The van der Waals surface area contributed by atoms with E-state index in [2.05, 4.69) is 53.9 Å². The number of hydrogen-bond donors (Lipinski definition) is 1. The van der Waals surface area contributed by atoms with Crippen LogP contribution in [0.4, 0.5) is 0 Å². The first kappa shape index (κ1) is 17.5. The molecular formula is C21H27N3O. The van der Waals surface area contributed by atoms with E-state index in [0.29, 0.717) is 6.54 Å². The second-order valence-electron chi connectivity index (χ2n) is 6.62. The Kier molecular flexibility index (Phi) is 5.71. The number of rotatable bonds is 7. The van der Waals surface area contributed by atoms with E-state index >= 15 is 0 Å². The van der Waals surface area contributed by atoms with Gasteiger partial charge in [0.25, 0.3) is 0 Å². The van der Waals surface area contributed by atoms with E-state index in [4.69, 9.17) is 5.73 Å². The molecule has 0 aromatic heterocycles. The van der Waals surface area contributed by atoms with Crippen molar-refractivity contribution in [3.05, 3.63) is 60.8 Å². The smallest absolute Gasteiger partial charge is 0.245 e. The maximum atomic E-state index is 12.8. The van der Waals surface area contributed by atoms with Gasteiger partial charge in [-0.15, -0.1) is 0 Å². The van der Waals surface area contributed by atoms with Crippen LogP contribution < -0.4 is 5.73 Å². The molecule has 2 aromatic rings. The molecule has 4 heteroatoms. The van der Waals surface area contributed by atoms with Crippen LogP contribution in [0.15, 0.2) is 55.2 Å². The predicted molar refractivity (Wildman–Crippen MR) is 103 cm³/mol. The molecule has 1 saturated heterocycles. The number of hydrogen-bond acceptors (Lipinski definition) is 3. The van der Waals surface area contributed by atoms with Crippen molar-refractivity contribution < 1.29 is 4.79 Å². The van der Waals surface area contributed by atoms with Crippen LogP contribution in [-0.2, 0) is 11.2 Å². The number of benzene rings is 2. The van der Waals surface area contributed by atoms with Crippen LogP contribution in [0.5, 0.6) is 0 Å². The molecule has 0 saturated carbocycles. The average molecular weight is 337 g/mol. The average Bonchev–Trinajstić information content (AvgIpc) is 2.65. The van der Waals surface area contributed by atoms with Crippen molar-refractivity contribution in [3.63, 3.8) is 0 Å². The van der Waals surface area contributed by atoms with Crippen LogP contribution >= 0.6 is 0 Å². The third kappa shape index (κ3) is 4.02. The van der Waals surface area contributed by atoms with Crippen LogP contribution in [0.2, 0.25) is 0 Å². The quantitative estimate of drug-likeness (QED) is 0.845. The number of nitrogens with two attached hydrogens (primary N) is 1. The second-order valence-corrected chi connectivity index (χ2v) is 6.62. The van der Waals surface area contributed by atoms with Gasteiger partial charge in [0, 0.05) is 19.6 Å². The lowest BCUT2D eigenvalue weighted by atomic mass is 10.0. The highest BCUT2D eigenvalue weighted by Gasteiger charge is 2.32. The molecule has 1 amide bonds. The molecule has 0 spiro atoms. The summed E-state index contributed by atoms with van der Waals surface area (Å²) in [4.78, 5) is 16.9. The highest BCUT2D eigenvalue weighted by atomic mass is 16.2. The van der Waals surface area contributed by atoms with Gasteiger partial charge in [-0.3, -0.25) is 4.79 Å². The van der Waals surface area contributed by atoms with Crippen molar-refractivity contribution in [2.45, 2.75) is 25.3 Å². The zero-order chi connectivity index (χ0) is 17.6. The van der Waals surface area contributed by atoms with Gasteiger partial charge < -0.3 is 15.5 Å². The number of carbonyl (C=O) groups is 1.